The zero-order valence-corrected chi connectivity index (χ0v) is 7.91. The Kier molecular flexibility index (Phi) is 3.29. The van der Waals surface area contributed by atoms with Crippen molar-refractivity contribution in [2.45, 2.75) is 5.75 Å². The number of benzene rings is 1. The monoisotopic (exact) mass is 215 g/mol. The third kappa shape index (κ3) is 2.35. The van der Waals surface area contributed by atoms with Gasteiger partial charge >= 0.3 is 0 Å². The largest absolute Gasteiger partial charge is 0.156 e. The first-order chi connectivity index (χ1) is 4.83. The highest BCUT2D eigenvalue weighted by Gasteiger charge is 1.90. The lowest BCUT2D eigenvalue weighted by Crippen LogP contribution is -1.76. The molecule has 2 heteroatoms. The van der Waals surface area contributed by atoms with E-state index in [-0.39, 0.29) is 0 Å². The Bertz CT molecular complexity index is 210. The summed E-state index contributed by atoms with van der Waals surface area (Å²) in [7, 11) is 0. The fourth-order valence-corrected chi connectivity index (χ4v) is 1.61. The SMILES string of the molecule is [CH2]SCc1cccc(Br)c1. The Morgan fingerprint density at radius 2 is 2.30 bits per heavy atom. The first-order valence-electron chi connectivity index (χ1n) is 2.94. The highest BCUT2D eigenvalue weighted by Crippen LogP contribution is 2.15. The molecule has 1 rings (SSSR count). The summed E-state index contributed by atoms with van der Waals surface area (Å²) in [5.41, 5.74) is 1.31. The smallest absolute Gasteiger partial charge is 0.0185 e. The maximum absolute atomic E-state index is 3.71. The molecule has 0 saturated heterocycles. The van der Waals surface area contributed by atoms with E-state index in [9.17, 15) is 0 Å². The summed E-state index contributed by atoms with van der Waals surface area (Å²) >= 11 is 5.00. The van der Waals surface area contributed by atoms with Gasteiger partial charge in [0.2, 0.25) is 0 Å². The molecule has 10 heavy (non-hydrogen) atoms. The Labute approximate surface area is 74.2 Å². The molecule has 0 unspecified atom stereocenters. The Hall–Kier alpha value is 0.0500. The zero-order chi connectivity index (χ0) is 7.40. The molecule has 0 amide bonds. The standard InChI is InChI=1S/C8H8BrS/c1-10-6-7-3-2-4-8(9)5-7/h2-5H,1,6H2. The summed E-state index contributed by atoms with van der Waals surface area (Å²) in [4.78, 5) is 0. The van der Waals surface area contributed by atoms with E-state index in [2.05, 4.69) is 34.3 Å². The lowest BCUT2D eigenvalue weighted by Gasteiger charge is -1.96. The topological polar surface area (TPSA) is 0 Å². The van der Waals surface area contributed by atoms with Gasteiger partial charge in [0.15, 0.2) is 0 Å². The summed E-state index contributed by atoms with van der Waals surface area (Å²) in [5, 5.41) is 0. The number of rotatable bonds is 2. The summed E-state index contributed by atoms with van der Waals surface area (Å²) in [6.45, 7) is 0. The molecule has 0 spiro atoms. The second kappa shape index (κ2) is 4.04. The number of hydrogen-bond donors (Lipinski definition) is 0. The van der Waals surface area contributed by atoms with Crippen LogP contribution in [-0.2, 0) is 5.75 Å². The minimum absolute atomic E-state index is 0.986. The van der Waals surface area contributed by atoms with Gasteiger partial charge in [-0.1, -0.05) is 28.1 Å². The van der Waals surface area contributed by atoms with E-state index < -0.39 is 0 Å². The van der Waals surface area contributed by atoms with Crippen molar-refractivity contribution >= 4 is 27.7 Å². The fraction of sp³-hybridized carbons (Fsp3) is 0.125. The molecular formula is C8H8BrS. The van der Waals surface area contributed by atoms with Crippen LogP contribution in [0.25, 0.3) is 0 Å². The number of thioether (sulfide) groups is 1. The lowest BCUT2D eigenvalue weighted by molar-refractivity contribution is 1.41. The molecule has 0 aliphatic carbocycles. The molecule has 0 atom stereocenters. The average Bonchev–Trinajstić information content (AvgIpc) is 1.88. The Morgan fingerprint density at radius 3 is 2.90 bits per heavy atom. The maximum atomic E-state index is 3.71. The van der Waals surface area contributed by atoms with Crippen molar-refractivity contribution < 1.29 is 0 Å². The van der Waals surface area contributed by atoms with Gasteiger partial charge in [0, 0.05) is 16.5 Å². The van der Waals surface area contributed by atoms with Crippen molar-refractivity contribution in [2.75, 3.05) is 0 Å². The molecule has 0 aromatic heterocycles. The first kappa shape index (κ1) is 8.15. The van der Waals surface area contributed by atoms with Gasteiger partial charge in [-0.3, -0.25) is 0 Å². The number of halogens is 1. The van der Waals surface area contributed by atoms with E-state index in [1.807, 2.05) is 12.1 Å². The quantitative estimate of drug-likeness (QED) is 0.729. The third-order valence-corrected chi connectivity index (χ3v) is 2.19. The van der Waals surface area contributed by atoms with Crippen LogP contribution in [0.5, 0.6) is 0 Å². The highest BCUT2D eigenvalue weighted by molar-refractivity contribution is 9.10. The van der Waals surface area contributed by atoms with Crippen LogP contribution in [0, 0.1) is 6.26 Å². The highest BCUT2D eigenvalue weighted by atomic mass is 79.9. The summed E-state index contributed by atoms with van der Waals surface area (Å²) < 4.78 is 1.14. The van der Waals surface area contributed by atoms with Crippen molar-refractivity contribution in [3.8, 4) is 0 Å². The van der Waals surface area contributed by atoms with Gasteiger partial charge in [0.05, 0.1) is 0 Å². The van der Waals surface area contributed by atoms with Gasteiger partial charge in [-0.2, -0.15) is 11.8 Å². The Balaban J connectivity index is 2.75. The zero-order valence-electron chi connectivity index (χ0n) is 5.51. The second-order valence-corrected chi connectivity index (χ2v) is 3.59. The molecule has 0 aliphatic heterocycles. The minimum Gasteiger partial charge on any atom is -0.156 e. The van der Waals surface area contributed by atoms with E-state index >= 15 is 0 Å². The van der Waals surface area contributed by atoms with Crippen LogP contribution in [0.3, 0.4) is 0 Å². The molecule has 0 nitrogen and oxygen atoms in total. The predicted molar refractivity (Wildman–Crippen MR) is 50.8 cm³/mol. The molecule has 0 aliphatic rings. The third-order valence-electron chi connectivity index (χ3n) is 1.16. The first-order valence-corrected chi connectivity index (χ1v) is 4.89. The van der Waals surface area contributed by atoms with Crippen LogP contribution in [0.1, 0.15) is 5.56 Å². The van der Waals surface area contributed by atoms with Crippen LogP contribution >= 0.6 is 27.7 Å². The van der Waals surface area contributed by atoms with Crippen LogP contribution in [-0.4, -0.2) is 0 Å². The van der Waals surface area contributed by atoms with E-state index in [1.54, 1.807) is 11.8 Å². The van der Waals surface area contributed by atoms with E-state index in [0.29, 0.717) is 0 Å². The number of hydrogen-bond acceptors (Lipinski definition) is 1. The van der Waals surface area contributed by atoms with Gasteiger partial charge in [0.1, 0.15) is 0 Å². The molecule has 0 saturated carbocycles. The molecule has 53 valence electrons. The lowest BCUT2D eigenvalue weighted by atomic mass is 10.2. The normalized spacial score (nSPS) is 9.80. The molecular weight excluding hydrogens is 208 g/mol. The summed E-state index contributed by atoms with van der Waals surface area (Å²) in [6, 6.07) is 8.27. The van der Waals surface area contributed by atoms with Crippen LogP contribution in [0.4, 0.5) is 0 Å². The maximum Gasteiger partial charge on any atom is 0.0185 e. The van der Waals surface area contributed by atoms with Crippen molar-refractivity contribution in [3.05, 3.63) is 40.6 Å². The van der Waals surface area contributed by atoms with Crippen molar-refractivity contribution in [1.29, 1.82) is 0 Å². The van der Waals surface area contributed by atoms with E-state index in [1.165, 1.54) is 5.56 Å². The molecule has 0 heterocycles. The minimum atomic E-state index is 0.986. The van der Waals surface area contributed by atoms with Gasteiger partial charge in [0.25, 0.3) is 0 Å². The van der Waals surface area contributed by atoms with Gasteiger partial charge in [-0.25, -0.2) is 0 Å². The van der Waals surface area contributed by atoms with Crippen LogP contribution in [0.15, 0.2) is 28.7 Å². The van der Waals surface area contributed by atoms with Crippen LogP contribution < -0.4 is 0 Å². The fourth-order valence-electron chi connectivity index (χ4n) is 0.745. The molecule has 0 N–H and O–H groups in total. The molecule has 1 aromatic rings. The summed E-state index contributed by atoms with van der Waals surface area (Å²) in [6.07, 6.45) is 3.71. The Morgan fingerprint density at radius 1 is 1.50 bits per heavy atom. The molecule has 1 aromatic carbocycles. The molecule has 1 radical (unpaired) electrons. The van der Waals surface area contributed by atoms with Gasteiger partial charge in [-0.05, 0) is 17.7 Å². The average molecular weight is 216 g/mol. The van der Waals surface area contributed by atoms with Gasteiger partial charge in [-0.15, -0.1) is 0 Å². The summed E-state index contributed by atoms with van der Waals surface area (Å²) in [5.74, 6) is 0.986. The van der Waals surface area contributed by atoms with Gasteiger partial charge < -0.3 is 0 Å². The molecule has 0 bridgehead atoms. The second-order valence-electron chi connectivity index (χ2n) is 1.98. The van der Waals surface area contributed by atoms with Crippen molar-refractivity contribution in [3.63, 3.8) is 0 Å². The predicted octanol–water partition coefficient (Wildman–Crippen LogP) is 3.47. The van der Waals surface area contributed by atoms with E-state index in [4.69, 9.17) is 0 Å². The van der Waals surface area contributed by atoms with Crippen molar-refractivity contribution in [1.82, 2.24) is 0 Å². The molecule has 0 fully saturated rings. The van der Waals surface area contributed by atoms with E-state index in [0.717, 1.165) is 10.2 Å². The van der Waals surface area contributed by atoms with Crippen LogP contribution in [0.2, 0.25) is 0 Å². The van der Waals surface area contributed by atoms with Crippen molar-refractivity contribution in [2.24, 2.45) is 0 Å².